The molecule has 2 fully saturated rings. The zero-order chi connectivity index (χ0) is 27.9. The van der Waals surface area contributed by atoms with E-state index < -0.39 is 58.1 Å². The lowest BCUT2D eigenvalue weighted by Gasteiger charge is -2.40. The number of aliphatic carboxylic acids is 1. The molecular formula is C27H28Cl2F2N2O4. The topological polar surface area (TPSA) is 90.6 Å². The van der Waals surface area contributed by atoms with Gasteiger partial charge in [0.2, 0.25) is 0 Å². The van der Waals surface area contributed by atoms with Crippen molar-refractivity contribution < 1.29 is 28.2 Å². The highest BCUT2D eigenvalue weighted by Crippen LogP contribution is 2.60. The van der Waals surface area contributed by atoms with Gasteiger partial charge in [0, 0.05) is 17.0 Å². The molecule has 0 unspecified atom stereocenters. The number of esters is 1. The van der Waals surface area contributed by atoms with E-state index in [1.54, 1.807) is 18.7 Å². The Morgan fingerprint density at radius 3 is 2.59 bits per heavy atom. The quantitative estimate of drug-likeness (QED) is 0.308. The monoisotopic (exact) mass is 552 g/mol. The molecule has 6 nitrogen and oxygen atoms in total. The number of rotatable bonds is 7. The number of hydrogen-bond donors (Lipinski definition) is 1. The first-order valence-electron chi connectivity index (χ1n) is 11.6. The Bertz CT molecular complexity index is 1250. The molecule has 2 aliphatic rings. The normalized spacial score (nSPS) is 28.3. The first kappa shape index (κ1) is 28.8. The fourth-order valence-electron chi connectivity index (χ4n) is 5.33. The van der Waals surface area contributed by atoms with Gasteiger partial charge in [-0.15, -0.1) is 0 Å². The van der Waals surface area contributed by atoms with Crippen molar-refractivity contribution in [3.05, 3.63) is 69.8 Å². The first-order chi connectivity index (χ1) is 17.1. The molecule has 2 saturated heterocycles. The number of carbonyl (C=O) groups excluding carboxylic acids is 1. The second-order valence-corrected chi connectivity index (χ2v) is 11.3. The van der Waals surface area contributed by atoms with Crippen LogP contribution in [0.1, 0.15) is 52.5 Å². The smallest absolute Gasteiger partial charge is 0.325 e. The number of allylic oxidation sites excluding steroid dienone is 5. The van der Waals surface area contributed by atoms with Crippen LogP contribution in [-0.4, -0.2) is 39.8 Å². The summed E-state index contributed by atoms with van der Waals surface area (Å²) in [5.41, 5.74) is -4.14. The maximum atomic E-state index is 15.5. The van der Waals surface area contributed by atoms with Crippen LogP contribution in [-0.2, 0) is 14.3 Å². The number of nitriles is 1. The van der Waals surface area contributed by atoms with E-state index in [1.807, 2.05) is 0 Å². The van der Waals surface area contributed by atoms with E-state index >= 15 is 4.39 Å². The number of carbonyl (C=O) groups is 2. The van der Waals surface area contributed by atoms with E-state index in [9.17, 15) is 24.3 Å². The summed E-state index contributed by atoms with van der Waals surface area (Å²) >= 11 is 12.2. The molecule has 10 heteroatoms. The van der Waals surface area contributed by atoms with Crippen molar-refractivity contribution in [2.75, 3.05) is 0 Å². The average molecular weight is 553 g/mol. The summed E-state index contributed by atoms with van der Waals surface area (Å²) in [6, 6.07) is 4.60. The number of benzene rings is 1. The van der Waals surface area contributed by atoms with Crippen LogP contribution in [0, 0.1) is 28.0 Å². The number of carboxylic acid groups (broad SMARTS) is 1. The second-order valence-electron chi connectivity index (χ2n) is 10.4. The van der Waals surface area contributed by atoms with Crippen LogP contribution >= 0.6 is 23.2 Å². The third-order valence-electron chi connectivity index (χ3n) is 6.99. The molecule has 0 saturated carbocycles. The average Bonchev–Trinajstić information content (AvgIpc) is 3.18. The molecule has 1 aromatic rings. The van der Waals surface area contributed by atoms with Gasteiger partial charge in [0.15, 0.2) is 5.72 Å². The standard InChI is InChI=1S/C27H28Cl2F2N2O4/c1-15(30)12-16(28)8-7-11-27(14-32)19(13-25(2,3)24(35)36)33-22(23(34)37-26(33,4)5)20(27)17-9-6-10-18(29)21(17)31/h6-12,19-20,22H,13H2,1-5H3,(H,35,36)/b11-7+,15-12+,16-8+/t19-,20-,22+,27+/m0/s1. The highest BCUT2D eigenvalue weighted by molar-refractivity contribution is 6.31. The minimum Gasteiger partial charge on any atom is -0.481 e. The van der Waals surface area contributed by atoms with Crippen molar-refractivity contribution in [2.45, 2.75) is 64.8 Å². The molecule has 198 valence electrons. The number of nitrogens with zero attached hydrogens (tertiary/aromatic N) is 2. The summed E-state index contributed by atoms with van der Waals surface area (Å²) in [4.78, 5) is 27.0. The molecule has 0 bridgehead atoms. The molecule has 1 aromatic carbocycles. The van der Waals surface area contributed by atoms with Gasteiger partial charge in [-0.05, 0) is 64.8 Å². The van der Waals surface area contributed by atoms with Gasteiger partial charge in [-0.25, -0.2) is 13.7 Å². The Kier molecular flexibility index (Phi) is 7.95. The van der Waals surface area contributed by atoms with Crippen molar-refractivity contribution in [1.82, 2.24) is 4.90 Å². The zero-order valence-electron chi connectivity index (χ0n) is 21.1. The number of hydrogen-bond acceptors (Lipinski definition) is 5. The van der Waals surface area contributed by atoms with Gasteiger partial charge in [0.25, 0.3) is 0 Å². The van der Waals surface area contributed by atoms with Crippen LogP contribution in [0.4, 0.5) is 8.78 Å². The molecule has 0 aromatic heterocycles. The summed E-state index contributed by atoms with van der Waals surface area (Å²) in [6.45, 7) is 7.53. The zero-order valence-corrected chi connectivity index (χ0v) is 22.6. The van der Waals surface area contributed by atoms with Crippen molar-refractivity contribution >= 4 is 35.1 Å². The number of ether oxygens (including phenoxy) is 1. The predicted molar refractivity (Wildman–Crippen MR) is 136 cm³/mol. The highest BCUT2D eigenvalue weighted by Gasteiger charge is 2.69. The molecule has 2 aliphatic heterocycles. The maximum absolute atomic E-state index is 15.5. The van der Waals surface area contributed by atoms with Gasteiger partial charge in [0.1, 0.15) is 17.3 Å². The highest BCUT2D eigenvalue weighted by atomic mass is 35.5. The lowest BCUT2D eigenvalue weighted by molar-refractivity contribution is -0.155. The molecule has 37 heavy (non-hydrogen) atoms. The lowest BCUT2D eigenvalue weighted by Crippen LogP contribution is -2.51. The summed E-state index contributed by atoms with van der Waals surface area (Å²) in [5, 5.41) is 20.5. The summed E-state index contributed by atoms with van der Waals surface area (Å²) < 4.78 is 34.4. The number of carboxylic acids is 1. The molecule has 0 aliphatic carbocycles. The third kappa shape index (κ3) is 5.18. The minimum atomic E-state index is -1.62. The van der Waals surface area contributed by atoms with Crippen LogP contribution in [0.5, 0.6) is 0 Å². The molecule has 3 rings (SSSR count). The van der Waals surface area contributed by atoms with Gasteiger partial charge in [-0.3, -0.25) is 9.59 Å². The van der Waals surface area contributed by atoms with Crippen LogP contribution in [0.15, 0.2) is 53.4 Å². The Hall–Kier alpha value is -2.73. The molecule has 0 radical (unpaired) electrons. The Labute approximate surface area is 224 Å². The fourth-order valence-corrected chi connectivity index (χ4v) is 5.74. The van der Waals surface area contributed by atoms with Crippen LogP contribution in [0.25, 0.3) is 0 Å². The van der Waals surface area contributed by atoms with Crippen molar-refractivity contribution in [3.8, 4) is 6.07 Å². The SMILES string of the molecule is C\C(F)=C/C(Cl)=C\C=C\[C@@]1(C#N)[C@H](CC(C)(C)C(=O)O)N2[C@@H](C(=O)OC2(C)C)[C@@H]1c1cccc(Cl)c1F. The third-order valence-corrected chi connectivity index (χ3v) is 7.51. The molecule has 0 spiro atoms. The van der Waals surface area contributed by atoms with Crippen LogP contribution < -0.4 is 0 Å². The van der Waals surface area contributed by atoms with Crippen molar-refractivity contribution in [3.63, 3.8) is 0 Å². The maximum Gasteiger partial charge on any atom is 0.325 e. The first-order valence-corrected chi connectivity index (χ1v) is 12.3. The van der Waals surface area contributed by atoms with E-state index in [0.717, 1.165) is 6.08 Å². The largest absolute Gasteiger partial charge is 0.481 e. The van der Waals surface area contributed by atoms with E-state index in [0.29, 0.717) is 0 Å². The molecule has 4 atom stereocenters. The van der Waals surface area contributed by atoms with Crippen LogP contribution in [0.3, 0.4) is 0 Å². The Morgan fingerprint density at radius 1 is 1.38 bits per heavy atom. The van der Waals surface area contributed by atoms with Gasteiger partial charge < -0.3 is 9.84 Å². The van der Waals surface area contributed by atoms with E-state index in [-0.39, 0.29) is 22.0 Å². The molecular weight excluding hydrogens is 525 g/mol. The van der Waals surface area contributed by atoms with Gasteiger partial charge >= 0.3 is 11.9 Å². The van der Waals surface area contributed by atoms with Gasteiger partial charge in [0.05, 0.1) is 22.3 Å². The number of fused-ring (bicyclic) bond motifs is 1. The van der Waals surface area contributed by atoms with Crippen LogP contribution in [0.2, 0.25) is 5.02 Å². The fraction of sp³-hybridized carbons (Fsp3) is 0.444. The van der Waals surface area contributed by atoms with Gasteiger partial charge in [-0.1, -0.05) is 47.5 Å². The summed E-state index contributed by atoms with van der Waals surface area (Å²) in [6.07, 6.45) is 5.28. The van der Waals surface area contributed by atoms with Gasteiger partial charge in [-0.2, -0.15) is 5.26 Å². The predicted octanol–water partition coefficient (Wildman–Crippen LogP) is 6.47. The second kappa shape index (κ2) is 10.2. The number of cyclic esters (lactones) is 1. The number of halogens is 4. The molecule has 1 N–H and O–H groups in total. The van der Waals surface area contributed by atoms with Crippen molar-refractivity contribution in [2.24, 2.45) is 10.8 Å². The van der Waals surface area contributed by atoms with E-state index in [2.05, 4.69) is 6.07 Å². The lowest BCUT2D eigenvalue weighted by atomic mass is 9.65. The van der Waals surface area contributed by atoms with E-state index in [4.69, 9.17) is 27.9 Å². The van der Waals surface area contributed by atoms with Crippen molar-refractivity contribution in [1.29, 1.82) is 5.26 Å². The minimum absolute atomic E-state index is 0.0218. The summed E-state index contributed by atoms with van der Waals surface area (Å²) in [5.74, 6) is -4.20. The Morgan fingerprint density at radius 2 is 2.03 bits per heavy atom. The van der Waals surface area contributed by atoms with E-state index in [1.165, 1.54) is 57.2 Å². The summed E-state index contributed by atoms with van der Waals surface area (Å²) in [7, 11) is 0. The molecule has 2 heterocycles. The molecule has 0 amide bonds. The Balaban J connectivity index is 2.35.